The molecule has 3 N–H and O–H groups in total. The molecule has 0 bridgehead atoms. The van der Waals surface area contributed by atoms with Crippen LogP contribution >= 0.6 is 16.1 Å². The number of amides is 1. The molecule has 1 aliphatic carbocycles. The van der Waals surface area contributed by atoms with Crippen molar-refractivity contribution in [3.8, 4) is 6.07 Å². The number of phosphoric ester groups is 1. The highest BCUT2D eigenvalue weighted by atomic mass is 31.2. The molecule has 1 amide bonds. The molecular formula is C46H62F2N9O14P2Si2+. The van der Waals surface area contributed by atoms with Gasteiger partial charge in [-0.3, -0.25) is 27.7 Å². The van der Waals surface area contributed by atoms with E-state index in [4.69, 9.17) is 36.1 Å². The molecule has 6 heterocycles. The Morgan fingerprint density at radius 2 is 1.64 bits per heavy atom. The molecule has 2 aliphatic heterocycles. The van der Waals surface area contributed by atoms with Gasteiger partial charge in [0.05, 0.1) is 44.5 Å². The summed E-state index contributed by atoms with van der Waals surface area (Å²) in [5.41, 5.74) is -1.70. The molecule has 8 rings (SSSR count). The smallest absolute Gasteiger partial charge is 0.414 e. The van der Waals surface area contributed by atoms with Crippen molar-refractivity contribution in [2.24, 2.45) is 13.0 Å². The number of rotatable bonds is 23. The summed E-state index contributed by atoms with van der Waals surface area (Å²) < 4.78 is 115. The van der Waals surface area contributed by atoms with Crippen LogP contribution in [0.3, 0.4) is 0 Å². The van der Waals surface area contributed by atoms with Gasteiger partial charge in [-0.1, -0.05) is 73.6 Å². The molecule has 5 aromatic rings. The monoisotopic (exact) mass is 1120 g/mol. The van der Waals surface area contributed by atoms with Crippen LogP contribution in [0.2, 0.25) is 22.2 Å². The van der Waals surface area contributed by atoms with Gasteiger partial charge in [0.1, 0.15) is 30.0 Å². The molecule has 2 unspecified atom stereocenters. The van der Waals surface area contributed by atoms with Crippen LogP contribution in [0, 0.1) is 23.1 Å². The van der Waals surface area contributed by atoms with Gasteiger partial charge in [0.25, 0.3) is 11.5 Å². The number of nitriles is 1. The lowest BCUT2D eigenvalue weighted by molar-refractivity contribution is -0.0597. The summed E-state index contributed by atoms with van der Waals surface area (Å²) >= 11 is 0. The van der Waals surface area contributed by atoms with Crippen molar-refractivity contribution in [3.63, 3.8) is 0 Å². The van der Waals surface area contributed by atoms with E-state index in [1.54, 1.807) is 30.3 Å². The predicted molar refractivity (Wildman–Crippen MR) is 269 cm³/mol. The lowest BCUT2D eigenvalue weighted by Gasteiger charge is -2.47. The molecule has 23 nitrogen and oxygen atoms in total. The van der Waals surface area contributed by atoms with Gasteiger partial charge in [-0.05, 0) is 53.1 Å². The number of carbonyl (C=O) groups excluding carboxylic acids is 1. The molecule has 1 aromatic carbocycles. The van der Waals surface area contributed by atoms with E-state index in [9.17, 15) is 29.1 Å². The van der Waals surface area contributed by atoms with E-state index in [2.05, 4.69) is 25.3 Å². The SMILES string of the molecule is CC(C)[Si](O)(O[Si](O[C@H]1[C@@H](OP(=O)(OCCC#N)OC[C@H]2O[C@@H](n3cnc4c(NC(=O)c5ccccc5)ncnc43)[C@H](F)[C@@H]2O[P+](=O)O)[C@H](n2cc(F)c3c(=O)n(C)cnc32)O[C@@H]1C1CC1)(C(C)C)C(C)C)C(C)C. The minimum atomic E-state index is -5.13. The van der Waals surface area contributed by atoms with Gasteiger partial charge in [0.15, 0.2) is 53.2 Å². The highest BCUT2D eigenvalue weighted by Gasteiger charge is 2.62. The third-order valence-electron chi connectivity index (χ3n) is 13.8. The van der Waals surface area contributed by atoms with Crippen LogP contribution < -0.4 is 10.9 Å². The Hall–Kier alpha value is -4.63. The molecule has 75 heavy (non-hydrogen) atoms. The average molecular weight is 1120 g/mol. The maximum Gasteiger partial charge on any atom is 0.695 e. The number of nitrogens with zero attached hydrogens (tertiary/aromatic N) is 8. The van der Waals surface area contributed by atoms with E-state index in [0.717, 1.165) is 28.0 Å². The van der Waals surface area contributed by atoms with Crippen LogP contribution in [-0.2, 0) is 52.3 Å². The highest BCUT2D eigenvalue weighted by molar-refractivity contribution is 7.48. The summed E-state index contributed by atoms with van der Waals surface area (Å²) in [6, 6.07) is 10.2. The van der Waals surface area contributed by atoms with Gasteiger partial charge in [-0.15, -0.1) is 9.42 Å². The first-order chi connectivity index (χ1) is 35.5. The van der Waals surface area contributed by atoms with Crippen molar-refractivity contribution in [1.29, 1.82) is 5.26 Å². The molecule has 0 radical (unpaired) electrons. The first kappa shape index (κ1) is 56.6. The highest BCUT2D eigenvalue weighted by Crippen LogP contribution is 2.58. The number of carbonyl (C=O) groups is 1. The first-order valence-electron chi connectivity index (χ1n) is 24.6. The van der Waals surface area contributed by atoms with E-state index in [1.807, 2.05) is 61.5 Å². The lowest BCUT2D eigenvalue weighted by Crippen LogP contribution is -2.62. The number of alkyl halides is 1. The summed E-state index contributed by atoms with van der Waals surface area (Å²) in [5.74, 6) is -1.63. The number of benzene rings is 1. The van der Waals surface area contributed by atoms with Crippen molar-refractivity contribution in [3.05, 3.63) is 77.2 Å². The van der Waals surface area contributed by atoms with Crippen molar-refractivity contribution < 1.29 is 68.5 Å². The number of hydrogen-bond donors (Lipinski definition) is 3. The van der Waals surface area contributed by atoms with Crippen LogP contribution in [0.15, 0.2) is 60.3 Å². The standard InChI is InChI=1S/C46H61F2N9O14P2Si2/c1-25(2)74(63,26(3)4)71-75(27(5)6,28(7)8)70-38-36(29-16-17-29)67-46(56-20-31(47)33-41(56)53-23-55(9)44(33)59)39(38)69-73(62,64-19-13-18-49)65-21-32-37(68-72(60)61)34(48)45(66-32)57-24-52-35-40(50-22-51-42(35)57)54-43(58)30-14-11-10-12-15-30/h10-12,14-15,20,22-29,32,34,36-39,45-46,63H,13,16-17,19,21H2,1-9H3,(H-,50,51,54,58,60,61)/p+1/t32-,34-,36-,37-,38-,39-,45-,46-,73?/m1/s1. The van der Waals surface area contributed by atoms with Crippen LogP contribution in [0.5, 0.6) is 0 Å². The van der Waals surface area contributed by atoms with Crippen molar-refractivity contribution >= 4 is 67.1 Å². The number of aromatic nitrogens is 7. The van der Waals surface area contributed by atoms with Crippen LogP contribution in [0.1, 0.15) is 97.5 Å². The number of fused-ring (bicyclic) bond motifs is 2. The summed E-state index contributed by atoms with van der Waals surface area (Å²) in [4.78, 5) is 65.9. The van der Waals surface area contributed by atoms with E-state index >= 15 is 13.3 Å². The molecule has 4 aromatic heterocycles. The van der Waals surface area contributed by atoms with E-state index in [-0.39, 0.29) is 62.5 Å². The van der Waals surface area contributed by atoms with Gasteiger partial charge < -0.3 is 37.3 Å². The normalized spacial score (nSPS) is 24.5. The van der Waals surface area contributed by atoms with Crippen LogP contribution in [0.4, 0.5) is 14.6 Å². The van der Waals surface area contributed by atoms with E-state index in [1.165, 1.54) is 17.9 Å². The summed E-state index contributed by atoms with van der Waals surface area (Å²) in [6.45, 7) is 13.8. The zero-order valence-corrected chi connectivity index (χ0v) is 46.5. The number of halogens is 2. The number of imidazole rings is 1. The fraction of sp³-hybridized carbons (Fsp3) is 0.587. The van der Waals surface area contributed by atoms with Crippen molar-refractivity contribution in [2.45, 2.75) is 146 Å². The zero-order chi connectivity index (χ0) is 54.3. The van der Waals surface area contributed by atoms with Crippen molar-refractivity contribution in [1.82, 2.24) is 33.6 Å². The molecule has 1 saturated carbocycles. The number of anilines is 1. The predicted octanol–water partition coefficient (Wildman–Crippen LogP) is 7.90. The fourth-order valence-electron chi connectivity index (χ4n) is 9.68. The lowest BCUT2D eigenvalue weighted by atomic mass is 10.1. The number of ether oxygens (including phenoxy) is 2. The Kier molecular flexibility index (Phi) is 17.2. The van der Waals surface area contributed by atoms with Gasteiger partial charge >= 0.3 is 33.2 Å². The largest absolute Gasteiger partial charge is 0.695 e. The molecule has 10 atom stereocenters. The maximum atomic E-state index is 16.8. The minimum Gasteiger partial charge on any atom is -0.414 e. The Balaban J connectivity index is 1.17. The topological polar surface area (TPSA) is 285 Å². The number of phosphoric acid groups is 1. The number of nitrogens with one attached hydrogen (secondary N) is 1. The maximum absolute atomic E-state index is 16.8. The Labute approximate surface area is 433 Å². The van der Waals surface area contributed by atoms with Gasteiger partial charge in [0, 0.05) is 23.4 Å². The minimum absolute atomic E-state index is 0.0114. The second-order valence-electron chi connectivity index (χ2n) is 20.1. The molecule has 29 heteroatoms. The molecule has 406 valence electrons. The third kappa shape index (κ3) is 11.4. The molecule has 3 fully saturated rings. The van der Waals surface area contributed by atoms with Crippen LogP contribution in [-0.4, -0.2) is 116 Å². The Bertz CT molecular complexity index is 3020. The zero-order valence-electron chi connectivity index (χ0n) is 42.8. The van der Waals surface area contributed by atoms with Gasteiger partial charge in [-0.25, -0.2) is 33.3 Å². The molecule has 2 saturated heterocycles. The van der Waals surface area contributed by atoms with Crippen LogP contribution in [0.25, 0.3) is 22.2 Å². The summed E-state index contributed by atoms with van der Waals surface area (Å²) in [5, 5.41) is 11.9. The van der Waals surface area contributed by atoms with E-state index in [0.29, 0.717) is 18.4 Å². The Morgan fingerprint density at radius 3 is 2.27 bits per heavy atom. The third-order valence-corrected chi connectivity index (χ3v) is 25.5. The van der Waals surface area contributed by atoms with Gasteiger partial charge in [-0.2, -0.15) is 5.26 Å². The second kappa shape index (κ2) is 22.8. The second-order valence-corrected chi connectivity index (χ2v) is 31.0. The van der Waals surface area contributed by atoms with Crippen molar-refractivity contribution in [2.75, 3.05) is 18.5 Å². The summed E-state index contributed by atoms with van der Waals surface area (Å²) in [6.07, 6.45) is -7.03. The number of aryl methyl sites for hydroxylation is 1. The molecular weight excluding hydrogens is 1060 g/mol. The summed E-state index contributed by atoms with van der Waals surface area (Å²) in [7, 11) is -14.5. The first-order valence-corrected chi connectivity index (χ1v) is 31.2. The average Bonchev–Trinajstić information content (AvgIpc) is 3.76. The number of hydrogen-bond acceptors (Lipinski definition) is 18. The quantitative estimate of drug-likeness (QED) is 0.0318. The van der Waals surface area contributed by atoms with E-state index < -0.39 is 113 Å². The van der Waals surface area contributed by atoms with Gasteiger partial charge in [0.2, 0.25) is 0 Å². The molecule has 0 spiro atoms. The fourth-order valence-corrected chi connectivity index (χ4v) is 21.4. The Morgan fingerprint density at radius 1 is 0.947 bits per heavy atom. The molecule has 3 aliphatic rings.